The number of hydrogen-bond donors (Lipinski definition) is 0. The van der Waals surface area contributed by atoms with Crippen LogP contribution in [0.25, 0.3) is 0 Å². The lowest BCUT2D eigenvalue weighted by molar-refractivity contribution is -0.231. The van der Waals surface area contributed by atoms with Gasteiger partial charge in [-0.25, -0.2) is 0 Å². The second-order valence-corrected chi connectivity index (χ2v) is 3.35. The van der Waals surface area contributed by atoms with Gasteiger partial charge in [-0.15, -0.1) is 0 Å². The van der Waals surface area contributed by atoms with Gasteiger partial charge in [0.05, 0.1) is 0 Å². The van der Waals surface area contributed by atoms with E-state index in [9.17, 15) is 26.3 Å². The van der Waals surface area contributed by atoms with E-state index >= 15 is 0 Å². The molecular weight excluding hydrogens is 222 g/mol. The van der Waals surface area contributed by atoms with Crippen LogP contribution in [0.15, 0.2) is 0 Å². The van der Waals surface area contributed by atoms with Crippen LogP contribution >= 0.6 is 0 Å². The third kappa shape index (κ3) is 3.91. The highest BCUT2D eigenvalue weighted by Gasteiger charge is 2.63. The SMILES string of the molecule is CCCCCCC(F)(F)C(F)(F)[C](F)F. The third-order valence-electron chi connectivity index (χ3n) is 2.04. The van der Waals surface area contributed by atoms with Gasteiger partial charge in [-0.05, 0) is 6.42 Å². The van der Waals surface area contributed by atoms with Crippen LogP contribution in [0.1, 0.15) is 39.0 Å². The molecule has 0 nitrogen and oxygen atoms in total. The minimum absolute atomic E-state index is 0.177. The predicted molar refractivity (Wildman–Crippen MR) is 44.1 cm³/mol. The van der Waals surface area contributed by atoms with Crippen LogP contribution in [0.5, 0.6) is 0 Å². The van der Waals surface area contributed by atoms with E-state index in [0.29, 0.717) is 12.8 Å². The molecule has 0 spiro atoms. The van der Waals surface area contributed by atoms with Gasteiger partial charge in [-0.3, -0.25) is 0 Å². The molecule has 0 unspecified atom stereocenters. The second kappa shape index (κ2) is 5.61. The van der Waals surface area contributed by atoms with E-state index in [1.54, 1.807) is 0 Å². The Bertz CT molecular complexity index is 177. The summed E-state index contributed by atoms with van der Waals surface area (Å²) in [5.74, 6) is -9.96. The molecule has 0 rings (SSSR count). The summed E-state index contributed by atoms with van der Waals surface area (Å²) in [5, 5.41) is 0. The van der Waals surface area contributed by atoms with Crippen molar-refractivity contribution in [3.05, 3.63) is 6.43 Å². The van der Waals surface area contributed by atoms with Crippen molar-refractivity contribution in [3.8, 4) is 0 Å². The Morgan fingerprint density at radius 3 is 1.87 bits per heavy atom. The van der Waals surface area contributed by atoms with Crippen LogP contribution in [0.3, 0.4) is 0 Å². The Morgan fingerprint density at radius 1 is 0.933 bits per heavy atom. The van der Waals surface area contributed by atoms with Crippen LogP contribution in [0.2, 0.25) is 0 Å². The van der Waals surface area contributed by atoms with E-state index in [1.165, 1.54) is 0 Å². The first kappa shape index (κ1) is 14.6. The smallest absolute Gasteiger partial charge is 0.200 e. The molecule has 0 aromatic carbocycles. The van der Waals surface area contributed by atoms with Crippen molar-refractivity contribution >= 4 is 0 Å². The van der Waals surface area contributed by atoms with Crippen molar-refractivity contribution in [3.63, 3.8) is 0 Å². The number of rotatable bonds is 7. The van der Waals surface area contributed by atoms with E-state index < -0.39 is 24.7 Å². The standard InChI is InChI=1S/C9H13F6/c1-2-3-4-5-6-8(12,13)9(14,15)7(10)11/h2-6H2,1H3. The fraction of sp³-hybridized carbons (Fsp3) is 0.889. The number of alkyl halides is 4. The first-order valence-electron chi connectivity index (χ1n) is 4.69. The molecule has 0 bridgehead atoms. The molecule has 6 heteroatoms. The Balaban J connectivity index is 4.16. The second-order valence-electron chi connectivity index (χ2n) is 3.35. The summed E-state index contributed by atoms with van der Waals surface area (Å²) in [7, 11) is 0. The molecule has 0 aliphatic carbocycles. The lowest BCUT2D eigenvalue weighted by atomic mass is 10.0. The molecular formula is C9H13F6. The minimum atomic E-state index is -5.31. The Morgan fingerprint density at radius 2 is 1.47 bits per heavy atom. The molecule has 0 aliphatic rings. The molecule has 0 aromatic heterocycles. The molecule has 0 N–H and O–H groups in total. The van der Waals surface area contributed by atoms with Crippen LogP contribution in [0.4, 0.5) is 26.3 Å². The van der Waals surface area contributed by atoms with Gasteiger partial charge in [-0.1, -0.05) is 26.2 Å². The Kier molecular flexibility index (Phi) is 5.45. The fourth-order valence-corrected chi connectivity index (χ4v) is 1.07. The summed E-state index contributed by atoms with van der Waals surface area (Å²) < 4.78 is 73.0. The fourth-order valence-electron chi connectivity index (χ4n) is 1.07. The van der Waals surface area contributed by atoms with Gasteiger partial charge in [0.25, 0.3) is 0 Å². The summed E-state index contributed by atoms with van der Waals surface area (Å²) >= 11 is 0. The lowest BCUT2D eigenvalue weighted by Crippen LogP contribution is -2.42. The quantitative estimate of drug-likeness (QED) is 0.445. The number of halogens is 6. The molecule has 0 saturated carbocycles. The summed E-state index contributed by atoms with van der Waals surface area (Å²) in [4.78, 5) is 0. The highest BCUT2D eigenvalue weighted by Crippen LogP contribution is 2.45. The summed E-state index contributed by atoms with van der Waals surface area (Å²) in [6.45, 7) is 1.82. The van der Waals surface area contributed by atoms with Crippen molar-refractivity contribution in [2.24, 2.45) is 0 Å². The zero-order valence-electron chi connectivity index (χ0n) is 8.30. The number of hydrogen-bond acceptors (Lipinski definition) is 0. The molecule has 1 radical (unpaired) electrons. The third-order valence-corrected chi connectivity index (χ3v) is 2.04. The first-order valence-corrected chi connectivity index (χ1v) is 4.69. The van der Waals surface area contributed by atoms with Crippen molar-refractivity contribution in [2.45, 2.75) is 50.9 Å². The average molecular weight is 235 g/mol. The summed E-state index contributed by atoms with van der Waals surface area (Å²) in [6, 6.07) is 0. The minimum Gasteiger partial charge on any atom is -0.200 e. The Labute approximate surface area is 84.7 Å². The normalized spacial score (nSPS) is 13.6. The van der Waals surface area contributed by atoms with Crippen molar-refractivity contribution in [1.82, 2.24) is 0 Å². The van der Waals surface area contributed by atoms with Gasteiger partial charge >= 0.3 is 18.3 Å². The highest BCUT2D eigenvalue weighted by molar-refractivity contribution is 4.95. The van der Waals surface area contributed by atoms with Gasteiger partial charge in [0.15, 0.2) is 0 Å². The molecule has 0 fully saturated rings. The molecule has 0 heterocycles. The maximum atomic E-state index is 12.6. The zero-order chi connectivity index (χ0) is 12.1. The van der Waals surface area contributed by atoms with Gasteiger partial charge < -0.3 is 0 Å². The van der Waals surface area contributed by atoms with Crippen molar-refractivity contribution in [2.75, 3.05) is 0 Å². The largest absolute Gasteiger partial charge is 0.384 e. The van der Waals surface area contributed by atoms with Gasteiger partial charge in [0.2, 0.25) is 0 Å². The molecule has 0 amide bonds. The van der Waals surface area contributed by atoms with Crippen LogP contribution in [-0.2, 0) is 0 Å². The highest BCUT2D eigenvalue weighted by atomic mass is 19.3. The van der Waals surface area contributed by atoms with Crippen molar-refractivity contribution in [1.29, 1.82) is 0 Å². The summed E-state index contributed by atoms with van der Waals surface area (Å²) in [6.07, 6.45) is -3.19. The van der Waals surface area contributed by atoms with E-state index in [-0.39, 0.29) is 6.42 Å². The average Bonchev–Trinajstić information content (AvgIpc) is 2.12. The molecule has 0 saturated heterocycles. The monoisotopic (exact) mass is 235 g/mol. The zero-order valence-corrected chi connectivity index (χ0v) is 8.30. The van der Waals surface area contributed by atoms with E-state index in [2.05, 4.69) is 0 Å². The van der Waals surface area contributed by atoms with Gasteiger partial charge in [0, 0.05) is 6.42 Å². The Hall–Kier alpha value is -0.420. The maximum absolute atomic E-state index is 12.6. The summed E-state index contributed by atoms with van der Waals surface area (Å²) in [5.41, 5.74) is 0. The number of unbranched alkanes of at least 4 members (excludes halogenated alkanes) is 3. The van der Waals surface area contributed by atoms with E-state index in [0.717, 1.165) is 6.42 Å². The van der Waals surface area contributed by atoms with Gasteiger partial charge in [0.1, 0.15) is 0 Å². The molecule has 0 aliphatic heterocycles. The van der Waals surface area contributed by atoms with E-state index in [1.807, 2.05) is 6.92 Å². The molecule has 91 valence electrons. The van der Waals surface area contributed by atoms with Crippen molar-refractivity contribution < 1.29 is 26.3 Å². The van der Waals surface area contributed by atoms with Crippen LogP contribution < -0.4 is 0 Å². The van der Waals surface area contributed by atoms with Crippen LogP contribution in [-0.4, -0.2) is 11.8 Å². The topological polar surface area (TPSA) is 0 Å². The molecule has 0 atom stereocenters. The molecule has 15 heavy (non-hydrogen) atoms. The van der Waals surface area contributed by atoms with Gasteiger partial charge in [-0.2, -0.15) is 26.3 Å². The predicted octanol–water partition coefficient (Wildman–Crippen LogP) is 4.66. The lowest BCUT2D eigenvalue weighted by Gasteiger charge is -2.24. The van der Waals surface area contributed by atoms with Crippen LogP contribution in [0, 0.1) is 6.43 Å². The first-order chi connectivity index (χ1) is 6.75. The van der Waals surface area contributed by atoms with E-state index in [4.69, 9.17) is 0 Å². The molecule has 0 aromatic rings. The maximum Gasteiger partial charge on any atom is 0.384 e.